The van der Waals surface area contributed by atoms with Crippen LogP contribution in [0.15, 0.2) is 54.6 Å². The molecule has 0 aliphatic heterocycles. The number of nitrogens with two attached hydrogens (primary N) is 1. The van der Waals surface area contributed by atoms with Crippen molar-refractivity contribution in [1.29, 1.82) is 0 Å². The van der Waals surface area contributed by atoms with Gasteiger partial charge in [-0.2, -0.15) is 0 Å². The monoisotopic (exact) mass is 572 g/mol. The first-order chi connectivity index (χ1) is 19.3. The van der Waals surface area contributed by atoms with Crippen molar-refractivity contribution in [3.05, 3.63) is 65.7 Å². The Balaban J connectivity index is 2.25. The fourth-order valence-electron chi connectivity index (χ4n) is 3.77. The SMILES string of the molecule is NC(Cc1ccccc1)C(=O)NC(CCC(=O)O)C(=O)NC(Cc1ccc(O)cc1)C(=O)NC(CC(=O)O)C(=O)O. The summed E-state index contributed by atoms with van der Waals surface area (Å²) in [7, 11) is 0. The number of phenols is 1. The summed E-state index contributed by atoms with van der Waals surface area (Å²) in [5.41, 5.74) is 7.18. The molecule has 9 N–H and O–H groups in total. The van der Waals surface area contributed by atoms with Gasteiger partial charge in [-0.05, 0) is 36.1 Å². The molecule has 0 saturated carbocycles. The van der Waals surface area contributed by atoms with E-state index < -0.39 is 72.6 Å². The first kappa shape index (κ1) is 32.2. The van der Waals surface area contributed by atoms with Gasteiger partial charge in [0.1, 0.15) is 23.9 Å². The summed E-state index contributed by atoms with van der Waals surface area (Å²) < 4.78 is 0. The number of carboxylic acids is 3. The third kappa shape index (κ3) is 11.3. The zero-order valence-corrected chi connectivity index (χ0v) is 21.9. The lowest BCUT2D eigenvalue weighted by Crippen LogP contribution is -2.58. The molecule has 0 saturated heterocycles. The molecule has 0 aliphatic rings. The Labute approximate surface area is 234 Å². The molecule has 41 heavy (non-hydrogen) atoms. The minimum Gasteiger partial charge on any atom is -0.508 e. The van der Waals surface area contributed by atoms with Gasteiger partial charge in [0.25, 0.3) is 0 Å². The summed E-state index contributed by atoms with van der Waals surface area (Å²) in [6.07, 6.45) is -1.88. The summed E-state index contributed by atoms with van der Waals surface area (Å²) in [6, 6.07) is 8.55. The van der Waals surface area contributed by atoms with Crippen LogP contribution in [0.4, 0.5) is 0 Å². The zero-order chi connectivity index (χ0) is 30.5. The Morgan fingerprint density at radius 3 is 1.76 bits per heavy atom. The fourth-order valence-corrected chi connectivity index (χ4v) is 3.77. The molecule has 14 heteroatoms. The zero-order valence-electron chi connectivity index (χ0n) is 21.9. The normalized spacial score (nSPS) is 13.6. The highest BCUT2D eigenvalue weighted by Crippen LogP contribution is 2.12. The summed E-state index contributed by atoms with van der Waals surface area (Å²) in [4.78, 5) is 72.8. The average molecular weight is 573 g/mol. The molecule has 220 valence electrons. The van der Waals surface area contributed by atoms with E-state index in [4.69, 9.17) is 15.9 Å². The summed E-state index contributed by atoms with van der Waals surface area (Å²) >= 11 is 0. The second kappa shape index (κ2) is 15.6. The van der Waals surface area contributed by atoms with Crippen molar-refractivity contribution < 1.29 is 49.2 Å². The maximum absolute atomic E-state index is 13.2. The van der Waals surface area contributed by atoms with Crippen LogP contribution in [0.5, 0.6) is 5.75 Å². The maximum atomic E-state index is 13.2. The molecule has 2 rings (SSSR count). The van der Waals surface area contributed by atoms with E-state index in [2.05, 4.69) is 16.0 Å². The Morgan fingerprint density at radius 2 is 1.20 bits per heavy atom. The number of amides is 3. The lowest BCUT2D eigenvalue weighted by Gasteiger charge is -2.25. The molecule has 4 unspecified atom stereocenters. The Kier molecular flexibility index (Phi) is 12.2. The lowest BCUT2D eigenvalue weighted by atomic mass is 10.0. The molecule has 0 aliphatic carbocycles. The molecule has 4 atom stereocenters. The van der Waals surface area contributed by atoms with Gasteiger partial charge in [0.15, 0.2) is 0 Å². The maximum Gasteiger partial charge on any atom is 0.326 e. The van der Waals surface area contributed by atoms with Crippen molar-refractivity contribution >= 4 is 35.6 Å². The average Bonchev–Trinajstić information content (AvgIpc) is 2.91. The number of aromatic hydroxyl groups is 1. The third-order valence-electron chi connectivity index (χ3n) is 5.92. The van der Waals surface area contributed by atoms with Crippen LogP contribution in [-0.2, 0) is 41.6 Å². The second-order valence-electron chi connectivity index (χ2n) is 9.22. The molecule has 2 aromatic rings. The number of nitrogens with one attached hydrogen (secondary N) is 3. The van der Waals surface area contributed by atoms with Crippen LogP contribution in [0.1, 0.15) is 30.4 Å². The number of carbonyl (C=O) groups excluding carboxylic acids is 3. The van der Waals surface area contributed by atoms with Gasteiger partial charge in [-0.15, -0.1) is 0 Å². The van der Waals surface area contributed by atoms with E-state index in [-0.39, 0.29) is 25.0 Å². The topological polar surface area (TPSA) is 245 Å². The van der Waals surface area contributed by atoms with Gasteiger partial charge in [0, 0.05) is 12.8 Å². The molecule has 0 fully saturated rings. The minimum absolute atomic E-state index is 0.0746. The van der Waals surface area contributed by atoms with Gasteiger partial charge in [-0.25, -0.2) is 4.79 Å². The van der Waals surface area contributed by atoms with E-state index in [1.165, 1.54) is 24.3 Å². The first-order valence-electron chi connectivity index (χ1n) is 12.5. The summed E-state index contributed by atoms with van der Waals surface area (Å²) in [6.45, 7) is 0. The van der Waals surface area contributed by atoms with Gasteiger partial charge in [-0.3, -0.25) is 24.0 Å². The van der Waals surface area contributed by atoms with Crippen molar-refractivity contribution in [2.75, 3.05) is 0 Å². The van der Waals surface area contributed by atoms with Crippen molar-refractivity contribution in [3.8, 4) is 5.75 Å². The van der Waals surface area contributed by atoms with Crippen LogP contribution in [0, 0.1) is 0 Å². The molecule has 0 bridgehead atoms. The minimum atomic E-state index is -1.81. The quantitative estimate of drug-likeness (QED) is 0.126. The van der Waals surface area contributed by atoms with E-state index >= 15 is 0 Å². The highest BCUT2D eigenvalue weighted by molar-refractivity contribution is 5.95. The van der Waals surface area contributed by atoms with Gasteiger partial charge in [-0.1, -0.05) is 42.5 Å². The molecule has 0 spiro atoms. The van der Waals surface area contributed by atoms with Crippen LogP contribution in [0.2, 0.25) is 0 Å². The predicted octanol–water partition coefficient (Wildman–Crippen LogP) is -0.617. The molecular weight excluding hydrogens is 540 g/mol. The number of hydrogen-bond donors (Lipinski definition) is 8. The number of phenolic OH excluding ortho intramolecular Hbond substituents is 1. The van der Waals surface area contributed by atoms with Crippen molar-refractivity contribution in [2.45, 2.75) is 56.3 Å². The summed E-state index contributed by atoms with van der Waals surface area (Å²) in [5.74, 6) is -7.16. The Morgan fingerprint density at radius 1 is 0.659 bits per heavy atom. The van der Waals surface area contributed by atoms with Gasteiger partial charge in [0.05, 0.1) is 12.5 Å². The second-order valence-corrected chi connectivity index (χ2v) is 9.22. The molecule has 14 nitrogen and oxygen atoms in total. The molecule has 2 aromatic carbocycles. The first-order valence-corrected chi connectivity index (χ1v) is 12.5. The Hall–Kier alpha value is -4.98. The fraction of sp³-hybridized carbons (Fsp3) is 0.333. The lowest BCUT2D eigenvalue weighted by molar-refractivity contribution is -0.147. The largest absolute Gasteiger partial charge is 0.508 e. The highest BCUT2D eigenvalue weighted by atomic mass is 16.4. The number of hydrogen-bond acceptors (Lipinski definition) is 8. The predicted molar refractivity (Wildman–Crippen MR) is 142 cm³/mol. The van der Waals surface area contributed by atoms with E-state index in [1.54, 1.807) is 30.3 Å². The van der Waals surface area contributed by atoms with Crippen molar-refractivity contribution in [2.24, 2.45) is 5.73 Å². The van der Waals surface area contributed by atoms with Gasteiger partial charge >= 0.3 is 17.9 Å². The van der Waals surface area contributed by atoms with Gasteiger partial charge in [0.2, 0.25) is 17.7 Å². The van der Waals surface area contributed by atoms with Gasteiger partial charge < -0.3 is 42.1 Å². The standard InChI is InChI=1S/C27H32N4O10/c28-18(12-15-4-2-1-3-5-15)24(37)29-19(10-11-22(33)34)25(38)30-20(13-16-6-8-17(32)9-7-16)26(39)31-21(27(40)41)14-23(35)36/h1-9,18-21,32H,10-14,28H2,(H,29,37)(H,30,38)(H,31,39)(H,33,34)(H,35,36)(H,40,41). The Bertz CT molecular complexity index is 1240. The van der Waals surface area contributed by atoms with Crippen LogP contribution >= 0.6 is 0 Å². The highest BCUT2D eigenvalue weighted by Gasteiger charge is 2.31. The van der Waals surface area contributed by atoms with Crippen LogP contribution in [-0.4, -0.2) is 80.2 Å². The van der Waals surface area contributed by atoms with Crippen molar-refractivity contribution in [1.82, 2.24) is 16.0 Å². The van der Waals surface area contributed by atoms with E-state index in [0.29, 0.717) is 5.56 Å². The summed E-state index contributed by atoms with van der Waals surface area (Å²) in [5, 5.41) is 43.9. The molecular formula is C27H32N4O10. The van der Waals surface area contributed by atoms with Crippen molar-refractivity contribution in [3.63, 3.8) is 0 Å². The van der Waals surface area contributed by atoms with Crippen LogP contribution in [0.25, 0.3) is 0 Å². The van der Waals surface area contributed by atoms with E-state index in [9.17, 15) is 39.0 Å². The smallest absolute Gasteiger partial charge is 0.326 e. The number of benzene rings is 2. The molecule has 0 radical (unpaired) electrons. The number of carbonyl (C=O) groups is 6. The molecule has 0 aromatic heterocycles. The van der Waals surface area contributed by atoms with Crippen LogP contribution < -0.4 is 21.7 Å². The number of rotatable bonds is 16. The third-order valence-corrected chi connectivity index (χ3v) is 5.92. The van der Waals surface area contributed by atoms with E-state index in [0.717, 1.165) is 5.56 Å². The molecule has 0 heterocycles. The van der Waals surface area contributed by atoms with E-state index in [1.807, 2.05) is 0 Å². The van der Waals surface area contributed by atoms with Crippen LogP contribution in [0.3, 0.4) is 0 Å². The number of aliphatic carboxylic acids is 3. The number of carboxylic acid groups (broad SMARTS) is 3. The molecule has 3 amide bonds.